The van der Waals surface area contributed by atoms with Gasteiger partial charge in [0.1, 0.15) is 0 Å². The summed E-state index contributed by atoms with van der Waals surface area (Å²) in [4.78, 5) is 15.7. The first kappa shape index (κ1) is 14.9. The van der Waals surface area contributed by atoms with E-state index in [1.165, 1.54) is 17.7 Å². The van der Waals surface area contributed by atoms with Crippen molar-refractivity contribution in [3.05, 3.63) is 22.4 Å². The third-order valence-corrected chi connectivity index (χ3v) is 4.91. The minimum Gasteiger partial charge on any atom is -0.339 e. The molecule has 2 nitrogen and oxygen atoms in total. The Morgan fingerprint density at radius 3 is 2.84 bits per heavy atom. The maximum Gasteiger partial charge on any atom is 0.222 e. The second kappa shape index (κ2) is 7.91. The molecular formula is C15H22ClNOS. The zero-order valence-electron chi connectivity index (χ0n) is 11.3. The van der Waals surface area contributed by atoms with E-state index in [4.69, 9.17) is 11.6 Å². The lowest BCUT2D eigenvalue weighted by atomic mass is 10.1. The van der Waals surface area contributed by atoms with E-state index in [1.807, 2.05) is 4.90 Å². The first-order valence-corrected chi connectivity index (χ1v) is 8.60. The maximum atomic E-state index is 12.3. The number of nitrogens with zero attached hydrogens (tertiary/aromatic N) is 1. The fourth-order valence-corrected chi connectivity index (χ4v) is 3.76. The summed E-state index contributed by atoms with van der Waals surface area (Å²) < 4.78 is 0. The number of hydrogen-bond acceptors (Lipinski definition) is 2. The van der Waals surface area contributed by atoms with Crippen molar-refractivity contribution in [2.75, 3.05) is 12.4 Å². The molecule has 0 atom stereocenters. The standard InChI is InChI=1S/C15H22ClNOS/c16-10-11-17(13-5-1-2-6-13)15(18)9-3-7-14-8-4-12-19-14/h4,8,12-13H,1-3,5-7,9-11H2. The van der Waals surface area contributed by atoms with Crippen LogP contribution in [0.5, 0.6) is 0 Å². The van der Waals surface area contributed by atoms with Gasteiger partial charge in [-0.2, -0.15) is 0 Å². The zero-order chi connectivity index (χ0) is 13.5. The Bertz CT molecular complexity index is 374. The molecule has 0 aromatic carbocycles. The van der Waals surface area contributed by atoms with E-state index in [-0.39, 0.29) is 0 Å². The van der Waals surface area contributed by atoms with Gasteiger partial charge in [-0.05, 0) is 37.1 Å². The third-order valence-electron chi connectivity index (χ3n) is 3.81. The van der Waals surface area contributed by atoms with Crippen LogP contribution in [0, 0.1) is 0 Å². The SMILES string of the molecule is O=C(CCCc1cccs1)N(CCCl)C1CCCC1. The van der Waals surface area contributed by atoms with Crippen molar-refractivity contribution in [1.29, 1.82) is 0 Å². The van der Waals surface area contributed by atoms with Gasteiger partial charge < -0.3 is 4.90 Å². The summed E-state index contributed by atoms with van der Waals surface area (Å²) >= 11 is 7.61. The van der Waals surface area contributed by atoms with E-state index in [0.29, 0.717) is 30.8 Å². The summed E-state index contributed by atoms with van der Waals surface area (Å²) in [5.41, 5.74) is 0. The molecule has 2 rings (SSSR count). The van der Waals surface area contributed by atoms with E-state index in [2.05, 4.69) is 17.5 Å². The summed E-state index contributed by atoms with van der Waals surface area (Å²) in [6.07, 6.45) is 7.46. The average molecular weight is 300 g/mol. The fourth-order valence-electron chi connectivity index (χ4n) is 2.83. The van der Waals surface area contributed by atoms with Crippen LogP contribution >= 0.6 is 22.9 Å². The highest BCUT2D eigenvalue weighted by atomic mass is 35.5. The lowest BCUT2D eigenvalue weighted by Gasteiger charge is -2.28. The number of alkyl halides is 1. The molecule has 0 aliphatic heterocycles. The number of halogens is 1. The molecule has 0 bridgehead atoms. The van der Waals surface area contributed by atoms with Crippen LogP contribution in [0.3, 0.4) is 0 Å². The Hall–Kier alpha value is -0.540. The normalized spacial score (nSPS) is 15.8. The molecule has 0 spiro atoms. The summed E-state index contributed by atoms with van der Waals surface area (Å²) in [7, 11) is 0. The van der Waals surface area contributed by atoms with Crippen LogP contribution in [-0.2, 0) is 11.2 Å². The Morgan fingerprint density at radius 2 is 2.21 bits per heavy atom. The average Bonchev–Trinajstić information content (AvgIpc) is 3.08. The minimum absolute atomic E-state index is 0.295. The van der Waals surface area contributed by atoms with Crippen molar-refractivity contribution >= 4 is 28.8 Å². The van der Waals surface area contributed by atoms with Gasteiger partial charge in [-0.3, -0.25) is 4.79 Å². The second-order valence-electron chi connectivity index (χ2n) is 5.15. The molecule has 4 heteroatoms. The van der Waals surface area contributed by atoms with Crippen molar-refractivity contribution < 1.29 is 4.79 Å². The number of rotatable bonds is 7. The van der Waals surface area contributed by atoms with Crippen molar-refractivity contribution in [2.45, 2.75) is 51.0 Å². The van der Waals surface area contributed by atoms with E-state index in [0.717, 1.165) is 25.7 Å². The van der Waals surface area contributed by atoms with Gasteiger partial charge >= 0.3 is 0 Å². The lowest BCUT2D eigenvalue weighted by Crippen LogP contribution is -2.40. The number of amides is 1. The van der Waals surface area contributed by atoms with Gasteiger partial charge in [-0.15, -0.1) is 22.9 Å². The largest absolute Gasteiger partial charge is 0.339 e. The monoisotopic (exact) mass is 299 g/mol. The van der Waals surface area contributed by atoms with Gasteiger partial charge in [0.05, 0.1) is 0 Å². The maximum absolute atomic E-state index is 12.3. The number of carbonyl (C=O) groups is 1. The highest BCUT2D eigenvalue weighted by molar-refractivity contribution is 7.09. The third kappa shape index (κ3) is 4.50. The van der Waals surface area contributed by atoms with Crippen molar-refractivity contribution in [1.82, 2.24) is 4.90 Å². The molecule has 1 aliphatic rings. The molecule has 1 aromatic heterocycles. The molecule has 1 heterocycles. The van der Waals surface area contributed by atoms with Gasteiger partial charge in [0, 0.05) is 29.8 Å². The Balaban J connectivity index is 1.78. The highest BCUT2D eigenvalue weighted by Crippen LogP contribution is 2.24. The molecule has 1 amide bonds. The summed E-state index contributed by atoms with van der Waals surface area (Å²) in [6.45, 7) is 0.712. The minimum atomic E-state index is 0.295. The van der Waals surface area contributed by atoms with Crippen LogP contribution in [0.2, 0.25) is 0 Å². The fraction of sp³-hybridized carbons (Fsp3) is 0.667. The van der Waals surface area contributed by atoms with Gasteiger partial charge in [0.25, 0.3) is 0 Å². The van der Waals surface area contributed by atoms with Crippen molar-refractivity contribution in [2.24, 2.45) is 0 Å². The molecular weight excluding hydrogens is 278 g/mol. The topological polar surface area (TPSA) is 20.3 Å². The number of aryl methyl sites for hydroxylation is 1. The van der Waals surface area contributed by atoms with Crippen LogP contribution in [0.4, 0.5) is 0 Å². The molecule has 0 radical (unpaired) electrons. The molecule has 0 N–H and O–H groups in total. The molecule has 1 aromatic rings. The molecule has 1 aliphatic carbocycles. The van der Waals surface area contributed by atoms with E-state index in [1.54, 1.807) is 11.3 Å². The van der Waals surface area contributed by atoms with Gasteiger partial charge in [0.15, 0.2) is 0 Å². The van der Waals surface area contributed by atoms with Crippen LogP contribution < -0.4 is 0 Å². The van der Waals surface area contributed by atoms with Crippen LogP contribution in [0.25, 0.3) is 0 Å². The zero-order valence-corrected chi connectivity index (χ0v) is 12.9. The van der Waals surface area contributed by atoms with E-state index in [9.17, 15) is 4.79 Å². The molecule has 0 saturated heterocycles. The van der Waals surface area contributed by atoms with Crippen LogP contribution in [-0.4, -0.2) is 29.3 Å². The van der Waals surface area contributed by atoms with Crippen molar-refractivity contribution in [3.63, 3.8) is 0 Å². The molecule has 19 heavy (non-hydrogen) atoms. The first-order chi connectivity index (χ1) is 9.31. The highest BCUT2D eigenvalue weighted by Gasteiger charge is 2.25. The van der Waals surface area contributed by atoms with Gasteiger partial charge in [-0.1, -0.05) is 18.9 Å². The predicted octanol–water partition coefficient (Wildman–Crippen LogP) is 4.08. The molecule has 106 valence electrons. The first-order valence-electron chi connectivity index (χ1n) is 7.19. The van der Waals surface area contributed by atoms with Crippen LogP contribution in [0.1, 0.15) is 43.4 Å². The number of hydrogen-bond donors (Lipinski definition) is 0. The number of carbonyl (C=O) groups excluding carboxylic acids is 1. The Labute approximate surface area is 124 Å². The lowest BCUT2D eigenvalue weighted by molar-refractivity contribution is -0.133. The van der Waals surface area contributed by atoms with E-state index < -0.39 is 0 Å². The number of thiophene rings is 1. The summed E-state index contributed by atoms with van der Waals surface area (Å²) in [6, 6.07) is 4.66. The van der Waals surface area contributed by atoms with Gasteiger partial charge in [-0.25, -0.2) is 0 Å². The molecule has 1 fully saturated rings. The second-order valence-corrected chi connectivity index (χ2v) is 6.56. The molecule has 1 saturated carbocycles. The van der Waals surface area contributed by atoms with Gasteiger partial charge in [0.2, 0.25) is 5.91 Å². The quantitative estimate of drug-likeness (QED) is 0.695. The predicted molar refractivity (Wildman–Crippen MR) is 81.9 cm³/mol. The summed E-state index contributed by atoms with van der Waals surface area (Å²) in [5, 5.41) is 2.09. The Kier molecular flexibility index (Phi) is 6.18. The Morgan fingerprint density at radius 1 is 1.42 bits per heavy atom. The van der Waals surface area contributed by atoms with Crippen molar-refractivity contribution in [3.8, 4) is 0 Å². The summed E-state index contributed by atoms with van der Waals surface area (Å²) in [5.74, 6) is 0.844. The molecule has 0 unspecified atom stereocenters. The van der Waals surface area contributed by atoms with E-state index >= 15 is 0 Å². The smallest absolute Gasteiger partial charge is 0.222 e. The van der Waals surface area contributed by atoms with Crippen LogP contribution in [0.15, 0.2) is 17.5 Å².